The minimum absolute atomic E-state index is 0.582. The maximum atomic E-state index is 5.82. The lowest BCUT2D eigenvalue weighted by Crippen LogP contribution is -1.82. The molecule has 0 spiro atoms. The van der Waals surface area contributed by atoms with Gasteiger partial charge in [0, 0.05) is 23.2 Å². The number of hydrogen-bond acceptors (Lipinski definition) is 3. The molecule has 0 fully saturated rings. The summed E-state index contributed by atoms with van der Waals surface area (Å²) in [6.07, 6.45) is 5.06. The molecule has 14 heavy (non-hydrogen) atoms. The Labute approximate surface area is 84.0 Å². The van der Waals surface area contributed by atoms with Crippen LogP contribution < -0.4 is 0 Å². The van der Waals surface area contributed by atoms with Gasteiger partial charge < -0.3 is 4.98 Å². The lowest BCUT2D eigenvalue weighted by atomic mass is 10.2. The van der Waals surface area contributed by atoms with E-state index in [1.807, 2.05) is 12.3 Å². The second-order valence-electron chi connectivity index (χ2n) is 2.95. The Bertz CT molecular complexity index is 616. The molecule has 0 unspecified atom stereocenters. The molecule has 5 heteroatoms. The summed E-state index contributed by atoms with van der Waals surface area (Å²) < 4.78 is 0. The van der Waals surface area contributed by atoms with Crippen molar-refractivity contribution in [2.24, 2.45) is 0 Å². The molecule has 1 N–H and O–H groups in total. The molecule has 3 heterocycles. The predicted molar refractivity (Wildman–Crippen MR) is 54.2 cm³/mol. The van der Waals surface area contributed by atoms with Crippen LogP contribution in [0.2, 0.25) is 5.15 Å². The van der Waals surface area contributed by atoms with Crippen LogP contribution in [0.4, 0.5) is 0 Å². The van der Waals surface area contributed by atoms with E-state index in [0.717, 1.165) is 16.3 Å². The van der Waals surface area contributed by atoms with Gasteiger partial charge in [-0.1, -0.05) is 11.6 Å². The van der Waals surface area contributed by atoms with Gasteiger partial charge in [-0.3, -0.25) is 0 Å². The summed E-state index contributed by atoms with van der Waals surface area (Å²) >= 11 is 5.82. The van der Waals surface area contributed by atoms with Gasteiger partial charge in [-0.2, -0.15) is 0 Å². The molecule has 0 bridgehead atoms. The predicted octanol–water partition coefficient (Wildman–Crippen LogP) is 2.16. The van der Waals surface area contributed by atoms with E-state index in [4.69, 9.17) is 11.6 Å². The Morgan fingerprint density at radius 3 is 3.07 bits per heavy atom. The first-order valence-electron chi connectivity index (χ1n) is 4.08. The van der Waals surface area contributed by atoms with Crippen LogP contribution in [0.5, 0.6) is 0 Å². The summed E-state index contributed by atoms with van der Waals surface area (Å²) in [5, 5.41) is 2.52. The first-order chi connectivity index (χ1) is 6.84. The minimum Gasteiger partial charge on any atom is -0.352 e. The molecular formula is C9H5ClN4. The molecule has 3 rings (SSSR count). The lowest BCUT2D eigenvalue weighted by molar-refractivity contribution is 1.31. The number of hydrogen-bond donors (Lipinski definition) is 1. The van der Waals surface area contributed by atoms with Crippen LogP contribution in [0, 0.1) is 0 Å². The van der Waals surface area contributed by atoms with Crippen molar-refractivity contribution in [1.29, 1.82) is 0 Å². The van der Waals surface area contributed by atoms with Crippen LogP contribution in [0.15, 0.2) is 24.8 Å². The van der Waals surface area contributed by atoms with Gasteiger partial charge >= 0.3 is 0 Å². The molecular weight excluding hydrogens is 200 g/mol. The molecule has 0 atom stereocenters. The summed E-state index contributed by atoms with van der Waals surface area (Å²) in [7, 11) is 0. The lowest BCUT2D eigenvalue weighted by Gasteiger charge is -1.98. The highest BCUT2D eigenvalue weighted by molar-refractivity contribution is 6.30. The largest absolute Gasteiger partial charge is 0.352 e. The maximum Gasteiger partial charge on any atom is 0.180 e. The first-order valence-corrected chi connectivity index (χ1v) is 4.46. The quantitative estimate of drug-likeness (QED) is 0.571. The molecule has 0 radical (unpaired) electrons. The molecule has 0 aromatic carbocycles. The van der Waals surface area contributed by atoms with E-state index in [1.165, 1.54) is 6.33 Å². The summed E-state index contributed by atoms with van der Waals surface area (Å²) in [5.74, 6) is 0. The average molecular weight is 205 g/mol. The van der Waals surface area contributed by atoms with Gasteiger partial charge in [0.1, 0.15) is 17.0 Å². The third-order valence-electron chi connectivity index (χ3n) is 2.11. The van der Waals surface area contributed by atoms with Crippen molar-refractivity contribution < 1.29 is 0 Å². The van der Waals surface area contributed by atoms with Gasteiger partial charge in [0.15, 0.2) is 5.65 Å². The molecule has 4 nitrogen and oxygen atoms in total. The molecule has 3 aromatic rings. The molecule has 0 aliphatic heterocycles. The Morgan fingerprint density at radius 1 is 1.21 bits per heavy atom. The van der Waals surface area contributed by atoms with Gasteiger partial charge in [-0.05, 0) is 6.07 Å². The molecule has 0 aliphatic rings. The van der Waals surface area contributed by atoms with Gasteiger partial charge in [0.2, 0.25) is 0 Å². The number of nitrogens with one attached hydrogen (secondary N) is 1. The fraction of sp³-hybridized carbons (Fsp3) is 0. The molecule has 0 saturated carbocycles. The Morgan fingerprint density at radius 2 is 2.14 bits per heavy atom. The minimum atomic E-state index is 0.582. The van der Waals surface area contributed by atoms with E-state index >= 15 is 0 Å². The number of rotatable bonds is 0. The number of aromatic amines is 1. The van der Waals surface area contributed by atoms with Crippen LogP contribution in [0.1, 0.15) is 0 Å². The topological polar surface area (TPSA) is 54.5 Å². The van der Waals surface area contributed by atoms with Crippen LogP contribution in [-0.4, -0.2) is 19.9 Å². The first kappa shape index (κ1) is 7.70. The summed E-state index contributed by atoms with van der Waals surface area (Å²) in [4.78, 5) is 15.3. The number of aromatic nitrogens is 4. The van der Waals surface area contributed by atoms with Gasteiger partial charge in [0.05, 0.1) is 0 Å². The fourth-order valence-corrected chi connectivity index (χ4v) is 1.64. The van der Waals surface area contributed by atoms with E-state index in [1.54, 1.807) is 6.20 Å². The standard InChI is InChI=1S/C9H5ClN4/c10-7-1-5-2-12-9-8(13-4-14-9)6(5)3-11-7/h1-4,11H. The zero-order valence-electron chi connectivity index (χ0n) is 7.03. The van der Waals surface area contributed by atoms with Crippen molar-refractivity contribution in [2.45, 2.75) is 0 Å². The number of imidazole rings is 1. The highest BCUT2D eigenvalue weighted by Crippen LogP contribution is 2.21. The fourth-order valence-electron chi connectivity index (χ4n) is 1.47. The van der Waals surface area contributed by atoms with Crippen molar-refractivity contribution >= 4 is 33.5 Å². The second-order valence-corrected chi connectivity index (χ2v) is 3.36. The normalized spacial score (nSPS) is 11.2. The number of fused-ring (bicyclic) bond motifs is 3. The summed E-state index contributed by atoms with van der Waals surface area (Å²) in [6.45, 7) is 0. The van der Waals surface area contributed by atoms with Crippen molar-refractivity contribution in [3.8, 4) is 0 Å². The highest BCUT2D eigenvalue weighted by atomic mass is 35.5. The van der Waals surface area contributed by atoms with E-state index < -0.39 is 0 Å². The monoisotopic (exact) mass is 204 g/mol. The summed E-state index contributed by atoms with van der Waals surface area (Å²) in [5.41, 5.74) is 1.46. The molecule has 0 amide bonds. The SMILES string of the molecule is Clc1cc2cnc3ncnc3c2c[nH]1. The molecule has 68 valence electrons. The van der Waals surface area contributed by atoms with E-state index in [9.17, 15) is 0 Å². The molecule has 3 aromatic heterocycles. The molecule has 0 saturated heterocycles. The van der Waals surface area contributed by atoms with Crippen molar-refractivity contribution in [3.63, 3.8) is 0 Å². The van der Waals surface area contributed by atoms with Gasteiger partial charge in [0.25, 0.3) is 0 Å². The zero-order chi connectivity index (χ0) is 9.54. The Hall–Kier alpha value is -1.68. The number of pyridine rings is 2. The van der Waals surface area contributed by atoms with Crippen molar-refractivity contribution in [2.75, 3.05) is 0 Å². The van der Waals surface area contributed by atoms with Gasteiger partial charge in [-0.25, -0.2) is 15.0 Å². The third kappa shape index (κ3) is 0.975. The summed E-state index contributed by atoms with van der Waals surface area (Å²) in [6, 6.07) is 1.82. The van der Waals surface area contributed by atoms with Crippen LogP contribution in [-0.2, 0) is 0 Å². The maximum absolute atomic E-state index is 5.82. The van der Waals surface area contributed by atoms with E-state index in [0.29, 0.717) is 10.8 Å². The average Bonchev–Trinajstić information content (AvgIpc) is 2.65. The second kappa shape index (κ2) is 2.65. The van der Waals surface area contributed by atoms with Crippen molar-refractivity contribution in [3.05, 3.63) is 29.9 Å². The van der Waals surface area contributed by atoms with Crippen LogP contribution >= 0.6 is 11.6 Å². The Kier molecular flexibility index (Phi) is 1.46. The smallest absolute Gasteiger partial charge is 0.180 e. The number of nitrogens with zero attached hydrogens (tertiary/aromatic N) is 3. The van der Waals surface area contributed by atoms with E-state index in [-0.39, 0.29) is 0 Å². The molecule has 0 aliphatic carbocycles. The van der Waals surface area contributed by atoms with Crippen molar-refractivity contribution in [1.82, 2.24) is 19.9 Å². The highest BCUT2D eigenvalue weighted by Gasteiger charge is 2.04. The van der Waals surface area contributed by atoms with Crippen LogP contribution in [0.25, 0.3) is 21.9 Å². The van der Waals surface area contributed by atoms with E-state index in [2.05, 4.69) is 19.9 Å². The van der Waals surface area contributed by atoms with Crippen LogP contribution in [0.3, 0.4) is 0 Å². The van der Waals surface area contributed by atoms with Gasteiger partial charge in [-0.15, -0.1) is 0 Å². The number of halogens is 1. The number of H-pyrrole nitrogens is 1. The zero-order valence-corrected chi connectivity index (χ0v) is 7.78. The Balaban J connectivity index is 2.57. The third-order valence-corrected chi connectivity index (χ3v) is 2.33.